The van der Waals surface area contributed by atoms with E-state index in [4.69, 9.17) is 9.47 Å². The number of rotatable bonds is 6. The zero-order chi connectivity index (χ0) is 27.9. The van der Waals surface area contributed by atoms with Crippen molar-refractivity contribution in [3.8, 4) is 11.5 Å². The standard InChI is InChI=1S/C36H37NO2P2/c1-38-31-21-10-13-24-34(31)40(35-25-14-11-22-32(35)39-2)27-15-26-37-30-20-9-12-23-33(30)41(36(37)40,28-16-5-3-6-17-28)29-18-7-4-8-19-29/h3-14,16-25,36,40-41H,15,26-27H2,1-2H3/t36-/m0/s1. The van der Waals surface area contributed by atoms with Crippen LogP contribution in [0.4, 0.5) is 5.69 Å². The molecule has 0 unspecified atom stereocenters. The average molecular weight is 578 g/mol. The van der Waals surface area contributed by atoms with Crippen LogP contribution in [0.5, 0.6) is 11.5 Å². The van der Waals surface area contributed by atoms with Crippen LogP contribution in [0.25, 0.3) is 0 Å². The first-order valence-corrected chi connectivity index (χ1v) is 18.9. The van der Waals surface area contributed by atoms with Crippen LogP contribution in [-0.2, 0) is 0 Å². The molecule has 1 fully saturated rings. The number of anilines is 1. The van der Waals surface area contributed by atoms with Gasteiger partial charge in [0.1, 0.15) is 0 Å². The molecule has 5 aromatic rings. The van der Waals surface area contributed by atoms with Gasteiger partial charge in [0, 0.05) is 0 Å². The van der Waals surface area contributed by atoms with Crippen LogP contribution in [0.1, 0.15) is 6.42 Å². The minimum atomic E-state index is -2.66. The molecule has 1 saturated heterocycles. The summed E-state index contributed by atoms with van der Waals surface area (Å²) >= 11 is 0. The first-order valence-electron chi connectivity index (χ1n) is 14.5. The Morgan fingerprint density at radius 3 is 1.56 bits per heavy atom. The van der Waals surface area contributed by atoms with Crippen LogP contribution in [0.3, 0.4) is 0 Å². The molecule has 1 atom stereocenters. The first-order chi connectivity index (χ1) is 20.3. The van der Waals surface area contributed by atoms with Crippen molar-refractivity contribution >= 4 is 46.7 Å². The van der Waals surface area contributed by atoms with Crippen LogP contribution in [-0.4, -0.2) is 32.5 Å². The van der Waals surface area contributed by atoms with Crippen molar-refractivity contribution in [1.29, 1.82) is 0 Å². The molecule has 208 valence electrons. The van der Waals surface area contributed by atoms with Gasteiger partial charge in [-0.25, -0.2) is 0 Å². The van der Waals surface area contributed by atoms with Crippen molar-refractivity contribution < 1.29 is 9.47 Å². The third kappa shape index (κ3) is 3.79. The molecule has 2 aliphatic heterocycles. The number of para-hydroxylation sites is 3. The van der Waals surface area contributed by atoms with Crippen molar-refractivity contribution in [1.82, 2.24) is 0 Å². The number of nitrogens with zero attached hydrogens (tertiary/aromatic N) is 1. The van der Waals surface area contributed by atoms with E-state index in [1.54, 1.807) is 0 Å². The van der Waals surface area contributed by atoms with Gasteiger partial charge in [0.25, 0.3) is 0 Å². The fourth-order valence-electron chi connectivity index (χ4n) is 8.06. The molecule has 5 aromatic carbocycles. The van der Waals surface area contributed by atoms with Crippen LogP contribution in [0.2, 0.25) is 0 Å². The molecule has 2 aliphatic rings. The molecule has 0 aromatic heterocycles. The molecular weight excluding hydrogens is 540 g/mol. The second-order valence-electron chi connectivity index (χ2n) is 11.1. The van der Waals surface area contributed by atoms with E-state index >= 15 is 0 Å². The van der Waals surface area contributed by atoms with Gasteiger partial charge in [0.15, 0.2) is 0 Å². The SMILES string of the molecule is COc1ccccc1[PH]1(c2ccccc2OC)CCCN2c3ccccc3[PH](c3ccccc3)(c3ccccc3)[C@@H]21. The van der Waals surface area contributed by atoms with Crippen LogP contribution < -0.4 is 40.9 Å². The van der Waals surface area contributed by atoms with Gasteiger partial charge in [-0.15, -0.1) is 0 Å². The predicted octanol–water partition coefficient (Wildman–Crippen LogP) is 5.64. The van der Waals surface area contributed by atoms with Crippen molar-refractivity contribution in [2.75, 3.05) is 31.8 Å². The summed E-state index contributed by atoms with van der Waals surface area (Å²) in [6, 6.07) is 49.8. The molecule has 0 radical (unpaired) electrons. The summed E-state index contributed by atoms with van der Waals surface area (Å²) in [7, 11) is -1.67. The van der Waals surface area contributed by atoms with Crippen molar-refractivity contribution in [2.45, 2.75) is 11.9 Å². The number of benzene rings is 5. The molecule has 0 amide bonds. The Bertz CT molecular complexity index is 1590. The van der Waals surface area contributed by atoms with E-state index in [0.29, 0.717) is 5.52 Å². The summed E-state index contributed by atoms with van der Waals surface area (Å²) in [5, 5.41) is 7.20. The number of hydrogen-bond donors (Lipinski definition) is 0. The topological polar surface area (TPSA) is 21.7 Å². The molecule has 5 heteroatoms. The molecular formula is C36H37NO2P2. The fourth-order valence-corrected chi connectivity index (χ4v) is 24.1. The van der Waals surface area contributed by atoms with Gasteiger partial charge in [-0.1, -0.05) is 0 Å². The van der Waals surface area contributed by atoms with Gasteiger partial charge in [-0.3, -0.25) is 0 Å². The number of ether oxygens (including phenoxy) is 2. The minimum absolute atomic E-state index is 0.290. The van der Waals surface area contributed by atoms with E-state index < -0.39 is 14.5 Å². The monoisotopic (exact) mass is 577 g/mol. The van der Waals surface area contributed by atoms with E-state index in [0.717, 1.165) is 30.6 Å². The summed E-state index contributed by atoms with van der Waals surface area (Å²) < 4.78 is 12.4. The van der Waals surface area contributed by atoms with Crippen LogP contribution >= 0.6 is 14.5 Å². The Morgan fingerprint density at radius 1 is 0.561 bits per heavy atom. The second kappa shape index (κ2) is 10.6. The Labute approximate surface area is 244 Å². The molecule has 2 heterocycles. The van der Waals surface area contributed by atoms with Gasteiger partial charge in [-0.2, -0.15) is 0 Å². The predicted molar refractivity (Wildman–Crippen MR) is 181 cm³/mol. The Kier molecular flexibility index (Phi) is 6.82. The molecule has 0 spiro atoms. The third-order valence-corrected chi connectivity index (χ3v) is 22.2. The van der Waals surface area contributed by atoms with Crippen LogP contribution in [0, 0.1) is 0 Å². The molecule has 0 saturated carbocycles. The zero-order valence-corrected chi connectivity index (χ0v) is 25.7. The molecule has 0 N–H and O–H groups in total. The van der Waals surface area contributed by atoms with E-state index in [9.17, 15) is 0 Å². The van der Waals surface area contributed by atoms with Gasteiger partial charge >= 0.3 is 245 Å². The molecule has 0 aliphatic carbocycles. The normalized spacial score (nSPS) is 19.9. The molecule has 41 heavy (non-hydrogen) atoms. The summed E-state index contributed by atoms with van der Waals surface area (Å²) in [4.78, 5) is 2.82. The Balaban J connectivity index is 1.68. The molecule has 3 nitrogen and oxygen atoms in total. The van der Waals surface area contributed by atoms with Crippen LogP contribution in [0.15, 0.2) is 133 Å². The fraction of sp³-hybridized carbons (Fsp3) is 0.167. The maximum absolute atomic E-state index is 6.21. The van der Waals surface area contributed by atoms with E-state index in [1.165, 1.54) is 32.2 Å². The third-order valence-electron chi connectivity index (χ3n) is 9.43. The average Bonchev–Trinajstić information content (AvgIpc) is 3.37. The van der Waals surface area contributed by atoms with E-state index in [2.05, 4.69) is 138 Å². The van der Waals surface area contributed by atoms with Gasteiger partial charge in [0.05, 0.1) is 0 Å². The Morgan fingerprint density at radius 2 is 1.02 bits per heavy atom. The number of methoxy groups -OCH3 is 2. The molecule has 7 rings (SSSR count). The van der Waals surface area contributed by atoms with Gasteiger partial charge < -0.3 is 0 Å². The van der Waals surface area contributed by atoms with E-state index in [-0.39, 0.29) is 0 Å². The summed E-state index contributed by atoms with van der Waals surface area (Å²) in [6.45, 7) is 1.05. The summed E-state index contributed by atoms with van der Waals surface area (Å²) in [6.07, 6.45) is 2.26. The van der Waals surface area contributed by atoms with Gasteiger partial charge in [0.2, 0.25) is 0 Å². The first kappa shape index (κ1) is 26.3. The number of fused-ring (bicyclic) bond motifs is 3. The van der Waals surface area contributed by atoms with Crippen molar-refractivity contribution in [3.05, 3.63) is 133 Å². The van der Waals surface area contributed by atoms with E-state index in [1.807, 2.05) is 14.2 Å². The summed E-state index contributed by atoms with van der Waals surface area (Å²) in [5.41, 5.74) is 1.69. The quantitative estimate of drug-likeness (QED) is 0.244. The Hall–Kier alpha value is -3.64. The van der Waals surface area contributed by atoms with Crippen molar-refractivity contribution in [2.24, 2.45) is 0 Å². The number of hydrogen-bond acceptors (Lipinski definition) is 3. The summed E-state index contributed by atoms with van der Waals surface area (Å²) in [5.74, 6) is 1.99. The maximum atomic E-state index is 6.21. The van der Waals surface area contributed by atoms with Gasteiger partial charge in [-0.05, 0) is 0 Å². The zero-order valence-electron chi connectivity index (χ0n) is 23.7. The second-order valence-corrected chi connectivity index (χ2v) is 19.6. The molecule has 0 bridgehead atoms. The van der Waals surface area contributed by atoms with Crippen molar-refractivity contribution in [3.63, 3.8) is 0 Å².